The average Bonchev–Trinajstić information content (AvgIpc) is 3.97. The summed E-state index contributed by atoms with van der Waals surface area (Å²) in [5, 5.41) is 25.4. The van der Waals surface area contributed by atoms with Crippen molar-refractivity contribution in [1.29, 1.82) is 0 Å². The Balaban J connectivity index is 0.000000156. The zero-order valence-corrected chi connectivity index (χ0v) is 32.8. The van der Waals surface area contributed by atoms with Crippen LogP contribution >= 0.6 is 34.3 Å². The van der Waals surface area contributed by atoms with Crippen LogP contribution in [0.5, 0.6) is 11.5 Å². The van der Waals surface area contributed by atoms with E-state index in [4.69, 9.17) is 26.2 Å². The molecule has 0 amide bonds. The second kappa shape index (κ2) is 14.2. The van der Waals surface area contributed by atoms with E-state index >= 15 is 0 Å². The molecule has 0 atom stereocenters. The highest BCUT2D eigenvalue weighted by atomic mass is 35.5. The molecular weight excluding hydrogens is 726 g/mol. The highest BCUT2D eigenvalue weighted by molar-refractivity contribution is 7.22. The van der Waals surface area contributed by atoms with Gasteiger partial charge in [0, 0.05) is 15.4 Å². The summed E-state index contributed by atoms with van der Waals surface area (Å²) >= 11 is 9.47. The van der Waals surface area contributed by atoms with Crippen LogP contribution < -0.4 is 14.8 Å². The molecule has 6 heterocycles. The van der Waals surface area contributed by atoms with Crippen molar-refractivity contribution in [3.63, 3.8) is 0 Å². The number of imidazole rings is 2. The Hall–Kier alpha value is -4.75. The van der Waals surface area contributed by atoms with E-state index in [9.17, 15) is 5.11 Å². The van der Waals surface area contributed by atoms with Crippen molar-refractivity contribution in [2.24, 2.45) is 0 Å². The molecule has 13 heteroatoms. The predicted molar refractivity (Wildman–Crippen MR) is 217 cm³/mol. The Bertz CT molecular complexity index is 2630. The minimum Gasteiger partial charge on any atom is -0.496 e. The molecule has 1 saturated carbocycles. The maximum atomic E-state index is 9.74. The van der Waals surface area contributed by atoms with Gasteiger partial charge in [0.15, 0.2) is 11.3 Å². The third-order valence-corrected chi connectivity index (χ3v) is 12.8. The summed E-state index contributed by atoms with van der Waals surface area (Å²) in [7, 11) is 3.43. The van der Waals surface area contributed by atoms with Gasteiger partial charge < -0.3 is 19.9 Å². The van der Waals surface area contributed by atoms with Gasteiger partial charge in [-0.15, -0.1) is 27.8 Å². The van der Waals surface area contributed by atoms with Crippen molar-refractivity contribution >= 4 is 71.6 Å². The first-order chi connectivity index (χ1) is 25.6. The van der Waals surface area contributed by atoms with E-state index < -0.39 is 0 Å². The Kier molecular flexibility index (Phi) is 9.48. The number of anilines is 1. The van der Waals surface area contributed by atoms with Crippen LogP contribution in [0.4, 0.5) is 5.82 Å². The fourth-order valence-corrected chi connectivity index (χ4v) is 9.51. The van der Waals surface area contributed by atoms with Gasteiger partial charge in [-0.2, -0.15) is 5.10 Å². The molecule has 8 aromatic rings. The van der Waals surface area contributed by atoms with E-state index in [-0.39, 0.29) is 6.10 Å². The van der Waals surface area contributed by atoms with Crippen LogP contribution in [-0.2, 0) is 0 Å². The van der Waals surface area contributed by atoms with Crippen LogP contribution in [0.1, 0.15) is 47.9 Å². The van der Waals surface area contributed by atoms with E-state index in [2.05, 4.69) is 72.3 Å². The number of thiophene rings is 2. The normalized spacial score (nSPS) is 16.0. The zero-order chi connectivity index (χ0) is 37.0. The van der Waals surface area contributed by atoms with E-state index in [1.807, 2.05) is 35.1 Å². The quantitative estimate of drug-likeness (QED) is 0.172. The van der Waals surface area contributed by atoms with E-state index in [0.717, 1.165) is 75.4 Å². The molecule has 10 nitrogen and oxygen atoms in total. The maximum Gasteiger partial charge on any atom is 0.154 e. The Labute approximate surface area is 320 Å². The lowest BCUT2D eigenvalue weighted by Crippen LogP contribution is -2.28. The van der Waals surface area contributed by atoms with E-state index in [0.29, 0.717) is 11.2 Å². The van der Waals surface area contributed by atoms with E-state index in [1.54, 1.807) is 47.5 Å². The number of rotatable bonds is 6. The van der Waals surface area contributed by atoms with E-state index in [1.165, 1.54) is 42.4 Å². The highest BCUT2D eigenvalue weighted by Gasteiger charge is 2.21. The zero-order valence-electron chi connectivity index (χ0n) is 30.4. The number of hydrogen-bond acceptors (Lipinski definition) is 10. The number of hydrogen-bond donors (Lipinski definition) is 2. The van der Waals surface area contributed by atoms with Crippen molar-refractivity contribution in [3.8, 4) is 32.6 Å². The summed E-state index contributed by atoms with van der Waals surface area (Å²) in [4.78, 5) is 11.2. The molecule has 0 unspecified atom stereocenters. The van der Waals surface area contributed by atoms with Gasteiger partial charge in [0.1, 0.15) is 33.9 Å². The second-order valence-electron chi connectivity index (χ2n) is 13.6. The summed E-state index contributed by atoms with van der Waals surface area (Å²) in [5.74, 6) is 2.69. The van der Waals surface area contributed by atoms with Gasteiger partial charge in [-0.25, -0.2) is 19.0 Å². The van der Waals surface area contributed by atoms with Crippen molar-refractivity contribution < 1.29 is 14.6 Å². The first kappa shape index (κ1) is 35.3. The van der Waals surface area contributed by atoms with Crippen molar-refractivity contribution in [2.45, 2.75) is 65.5 Å². The van der Waals surface area contributed by atoms with Crippen molar-refractivity contribution in [3.05, 3.63) is 88.3 Å². The minimum absolute atomic E-state index is 0.155. The third kappa shape index (κ3) is 6.58. The summed E-state index contributed by atoms with van der Waals surface area (Å²) in [5.41, 5.74) is 8.38. The standard InChI is InChI=1S/C23H26N4O2S.C17H14ClN3OS/c1-13-14(2)19(29-3)11-20-17(13)10-21(30-20)18-12-24-23-9-8-22(26-27(18)23)25-15-4-6-16(28)7-5-15;1-9-10(2)13(22-3)7-14-11(9)6-15(23-14)12-8-19-17-5-4-16(18)20-21(12)17/h8-12,15-16,28H,4-7H2,1-3H3,(H,25,26);4-8H,1-3H3. The van der Waals surface area contributed by atoms with Crippen molar-refractivity contribution in [1.82, 2.24) is 29.2 Å². The maximum absolute atomic E-state index is 9.74. The molecule has 6 aromatic heterocycles. The number of ether oxygens (including phenoxy) is 2. The number of methoxy groups -OCH3 is 2. The molecule has 1 aliphatic rings. The molecule has 53 heavy (non-hydrogen) atoms. The first-order valence-corrected chi connectivity index (χ1v) is 19.6. The summed E-state index contributed by atoms with van der Waals surface area (Å²) in [6.07, 6.45) is 7.21. The number of aliphatic hydroxyl groups is 1. The minimum atomic E-state index is -0.155. The molecule has 0 saturated heterocycles. The van der Waals surface area contributed by atoms with Crippen molar-refractivity contribution in [2.75, 3.05) is 19.5 Å². The Morgan fingerprint density at radius 3 is 1.74 bits per heavy atom. The predicted octanol–water partition coefficient (Wildman–Crippen LogP) is 9.84. The van der Waals surface area contributed by atoms with Crippen LogP contribution in [0.25, 0.3) is 52.6 Å². The van der Waals surface area contributed by atoms with Gasteiger partial charge in [-0.1, -0.05) is 11.6 Å². The molecule has 272 valence electrons. The number of benzene rings is 2. The summed E-state index contributed by atoms with van der Waals surface area (Å²) < 4.78 is 17.1. The number of nitrogens with one attached hydrogen (secondary N) is 1. The lowest BCUT2D eigenvalue weighted by atomic mass is 9.93. The molecule has 2 N–H and O–H groups in total. The molecule has 1 fully saturated rings. The number of fused-ring (bicyclic) bond motifs is 4. The van der Waals surface area contributed by atoms with Gasteiger partial charge in [0.25, 0.3) is 0 Å². The van der Waals surface area contributed by atoms with Crippen LogP contribution in [0.3, 0.4) is 0 Å². The van der Waals surface area contributed by atoms with Gasteiger partial charge in [0.05, 0.1) is 42.5 Å². The molecule has 2 aromatic carbocycles. The summed E-state index contributed by atoms with van der Waals surface area (Å²) in [6.45, 7) is 8.45. The third-order valence-electron chi connectivity index (χ3n) is 10.4. The smallest absolute Gasteiger partial charge is 0.154 e. The van der Waals surface area contributed by atoms with Crippen LogP contribution in [0.15, 0.2) is 60.9 Å². The lowest BCUT2D eigenvalue weighted by Gasteiger charge is -2.26. The van der Waals surface area contributed by atoms with Crippen LogP contribution in [-0.4, -0.2) is 60.7 Å². The number of halogens is 1. The van der Waals surface area contributed by atoms with Gasteiger partial charge >= 0.3 is 0 Å². The topological polar surface area (TPSA) is 111 Å². The molecule has 9 rings (SSSR count). The highest BCUT2D eigenvalue weighted by Crippen LogP contribution is 2.41. The largest absolute Gasteiger partial charge is 0.496 e. The Morgan fingerprint density at radius 2 is 1.21 bits per heavy atom. The molecular formula is C40H40ClN7O3S2. The number of aryl methyl sites for hydroxylation is 2. The fraction of sp³-hybridized carbons (Fsp3) is 0.300. The SMILES string of the molecule is COc1cc2sc(-c3cnc4ccc(Cl)nn34)cc2c(C)c1C.COc1cc2sc(-c3cnc4ccc(NC5CCC(O)CC5)nn34)cc2c(C)c1C. The molecule has 0 aliphatic heterocycles. The average molecular weight is 766 g/mol. The molecule has 0 bridgehead atoms. The number of aliphatic hydroxyl groups excluding tert-OH is 1. The molecule has 0 radical (unpaired) electrons. The van der Waals surface area contributed by atoms with Crippen LogP contribution in [0.2, 0.25) is 5.15 Å². The van der Waals surface area contributed by atoms with Gasteiger partial charge in [-0.05, 0) is 135 Å². The molecule has 1 aliphatic carbocycles. The molecule has 0 spiro atoms. The Morgan fingerprint density at radius 1 is 0.698 bits per heavy atom. The second-order valence-corrected chi connectivity index (χ2v) is 16.1. The monoisotopic (exact) mass is 765 g/mol. The number of nitrogens with zero attached hydrogens (tertiary/aromatic N) is 6. The summed E-state index contributed by atoms with van der Waals surface area (Å²) in [6, 6.07) is 16.6. The van der Waals surface area contributed by atoms with Crippen LogP contribution in [0, 0.1) is 27.7 Å². The van der Waals surface area contributed by atoms with Gasteiger partial charge in [0.2, 0.25) is 0 Å². The fourth-order valence-electron chi connectivity index (χ4n) is 7.08. The van der Waals surface area contributed by atoms with Gasteiger partial charge in [-0.3, -0.25) is 0 Å². The lowest BCUT2D eigenvalue weighted by molar-refractivity contribution is 0.126. The first-order valence-electron chi connectivity index (χ1n) is 17.6. The number of aromatic nitrogens is 6.